The van der Waals surface area contributed by atoms with Gasteiger partial charge in [-0.1, -0.05) is 11.6 Å². The van der Waals surface area contributed by atoms with Gasteiger partial charge in [0.1, 0.15) is 6.61 Å². The highest BCUT2D eigenvalue weighted by atomic mass is 35.5. The lowest BCUT2D eigenvalue weighted by molar-refractivity contribution is -0.384. The first-order valence-corrected chi connectivity index (χ1v) is 7.16. The highest BCUT2D eigenvalue weighted by Crippen LogP contribution is 2.28. The Morgan fingerprint density at radius 1 is 1.12 bits per heavy atom. The van der Waals surface area contributed by atoms with Crippen LogP contribution in [-0.4, -0.2) is 25.1 Å². The van der Waals surface area contributed by atoms with Crippen LogP contribution in [0.1, 0.15) is 15.9 Å². The van der Waals surface area contributed by atoms with Crippen LogP contribution in [0.2, 0.25) is 5.02 Å². The Morgan fingerprint density at radius 2 is 1.83 bits per heavy atom. The van der Waals surface area contributed by atoms with Crippen molar-refractivity contribution in [2.75, 3.05) is 14.2 Å². The summed E-state index contributed by atoms with van der Waals surface area (Å²) >= 11 is 5.96. The summed E-state index contributed by atoms with van der Waals surface area (Å²) in [6.45, 7) is -0.107. The Balaban J connectivity index is 2.09. The van der Waals surface area contributed by atoms with Gasteiger partial charge in [-0.15, -0.1) is 0 Å². The minimum Gasteiger partial charge on any atom is -0.493 e. The van der Waals surface area contributed by atoms with E-state index in [2.05, 4.69) is 0 Å². The molecule has 2 aromatic rings. The molecule has 0 N–H and O–H groups in total. The van der Waals surface area contributed by atoms with Crippen molar-refractivity contribution in [2.45, 2.75) is 6.61 Å². The number of methoxy groups -OCH3 is 2. The fourth-order valence-corrected chi connectivity index (χ4v) is 2.19. The van der Waals surface area contributed by atoms with Gasteiger partial charge in [0, 0.05) is 17.7 Å². The van der Waals surface area contributed by atoms with Gasteiger partial charge in [0.05, 0.1) is 29.7 Å². The molecule has 0 heterocycles. The summed E-state index contributed by atoms with van der Waals surface area (Å²) in [5.41, 5.74) is 0.622. The van der Waals surface area contributed by atoms with E-state index in [-0.39, 0.29) is 22.9 Å². The average Bonchev–Trinajstić information content (AvgIpc) is 2.59. The van der Waals surface area contributed by atoms with E-state index in [4.69, 9.17) is 25.8 Å². The normalized spacial score (nSPS) is 10.1. The minimum absolute atomic E-state index is 0.107. The fourth-order valence-electron chi connectivity index (χ4n) is 1.96. The molecular formula is C16H14ClNO6. The molecule has 0 bridgehead atoms. The zero-order chi connectivity index (χ0) is 17.7. The molecule has 0 saturated carbocycles. The van der Waals surface area contributed by atoms with Gasteiger partial charge in [0.25, 0.3) is 5.69 Å². The van der Waals surface area contributed by atoms with Crippen molar-refractivity contribution in [1.82, 2.24) is 0 Å². The summed E-state index contributed by atoms with van der Waals surface area (Å²) in [4.78, 5) is 22.2. The van der Waals surface area contributed by atoms with E-state index in [0.717, 1.165) is 0 Å². The number of esters is 1. The second kappa shape index (κ2) is 7.65. The molecule has 2 rings (SSSR count). The summed E-state index contributed by atoms with van der Waals surface area (Å²) < 4.78 is 15.4. The van der Waals surface area contributed by atoms with Gasteiger partial charge in [0.2, 0.25) is 0 Å². The van der Waals surface area contributed by atoms with E-state index < -0.39 is 10.9 Å². The van der Waals surface area contributed by atoms with Crippen LogP contribution in [0.25, 0.3) is 0 Å². The number of nitro benzene ring substituents is 1. The van der Waals surface area contributed by atoms with Crippen LogP contribution in [0, 0.1) is 10.1 Å². The largest absolute Gasteiger partial charge is 0.493 e. The number of halogens is 1. The molecule has 0 unspecified atom stereocenters. The molecular weight excluding hydrogens is 338 g/mol. The summed E-state index contributed by atoms with van der Waals surface area (Å²) in [6.07, 6.45) is 0. The summed E-state index contributed by atoms with van der Waals surface area (Å²) in [5.74, 6) is 0.318. The van der Waals surface area contributed by atoms with Crippen LogP contribution in [0.3, 0.4) is 0 Å². The van der Waals surface area contributed by atoms with E-state index in [1.807, 2.05) is 0 Å². The SMILES string of the molecule is COc1ccc(C(=O)OCc2ccc([N+](=O)[O-])cc2Cl)cc1OC. The number of nitrogens with zero attached hydrogens (tertiary/aromatic N) is 1. The molecule has 24 heavy (non-hydrogen) atoms. The van der Waals surface area contributed by atoms with Crippen molar-refractivity contribution in [1.29, 1.82) is 0 Å². The Bertz CT molecular complexity index is 777. The molecule has 7 nitrogen and oxygen atoms in total. The lowest BCUT2D eigenvalue weighted by Crippen LogP contribution is -2.06. The predicted molar refractivity (Wildman–Crippen MR) is 86.8 cm³/mol. The van der Waals surface area contributed by atoms with Crippen molar-refractivity contribution in [3.05, 3.63) is 62.7 Å². The maximum atomic E-state index is 12.1. The first-order chi connectivity index (χ1) is 11.5. The number of carbonyl (C=O) groups excluding carboxylic acids is 1. The first kappa shape index (κ1) is 17.6. The number of benzene rings is 2. The van der Waals surface area contributed by atoms with Gasteiger partial charge in [-0.05, 0) is 24.3 Å². The fraction of sp³-hybridized carbons (Fsp3) is 0.188. The van der Waals surface area contributed by atoms with Crippen molar-refractivity contribution in [3.63, 3.8) is 0 Å². The van der Waals surface area contributed by atoms with Crippen molar-refractivity contribution in [2.24, 2.45) is 0 Å². The van der Waals surface area contributed by atoms with Gasteiger partial charge in [0.15, 0.2) is 11.5 Å². The Labute approximate surface area is 142 Å². The lowest BCUT2D eigenvalue weighted by Gasteiger charge is -2.10. The van der Waals surface area contributed by atoms with Crippen molar-refractivity contribution in [3.8, 4) is 11.5 Å². The summed E-state index contributed by atoms with van der Waals surface area (Å²) in [7, 11) is 2.95. The van der Waals surface area contributed by atoms with Crippen molar-refractivity contribution < 1.29 is 23.9 Å². The molecule has 126 valence electrons. The third-order valence-corrected chi connectivity index (χ3v) is 3.58. The quantitative estimate of drug-likeness (QED) is 0.448. The topological polar surface area (TPSA) is 87.9 Å². The Morgan fingerprint density at radius 3 is 2.42 bits per heavy atom. The van der Waals surface area contributed by atoms with Gasteiger partial charge >= 0.3 is 5.97 Å². The van der Waals surface area contributed by atoms with Crippen LogP contribution in [0.15, 0.2) is 36.4 Å². The monoisotopic (exact) mass is 351 g/mol. The van der Waals surface area contributed by atoms with Crippen LogP contribution >= 0.6 is 11.6 Å². The highest BCUT2D eigenvalue weighted by molar-refractivity contribution is 6.31. The summed E-state index contributed by atoms with van der Waals surface area (Å²) in [5, 5.41) is 10.8. The second-order valence-corrected chi connectivity index (χ2v) is 5.09. The zero-order valence-corrected chi connectivity index (χ0v) is 13.7. The van der Waals surface area contributed by atoms with Gasteiger partial charge in [-0.2, -0.15) is 0 Å². The van der Waals surface area contributed by atoms with E-state index in [0.29, 0.717) is 17.1 Å². The second-order valence-electron chi connectivity index (χ2n) is 4.68. The summed E-state index contributed by atoms with van der Waals surface area (Å²) in [6, 6.07) is 8.59. The molecule has 0 radical (unpaired) electrons. The minimum atomic E-state index is -0.578. The average molecular weight is 352 g/mol. The number of ether oxygens (including phenoxy) is 3. The Kier molecular flexibility index (Phi) is 5.59. The van der Waals surface area contributed by atoms with Crippen LogP contribution in [0.4, 0.5) is 5.69 Å². The molecule has 0 fully saturated rings. The van der Waals surface area contributed by atoms with Crippen LogP contribution in [0.5, 0.6) is 11.5 Å². The molecule has 0 saturated heterocycles. The van der Waals surface area contributed by atoms with Gasteiger partial charge in [-0.25, -0.2) is 4.79 Å². The van der Waals surface area contributed by atoms with Crippen LogP contribution in [-0.2, 0) is 11.3 Å². The molecule has 0 amide bonds. The molecule has 0 aliphatic rings. The standard InChI is InChI=1S/C16H14ClNO6/c1-22-14-6-4-10(7-15(14)23-2)16(19)24-9-11-3-5-12(18(20)21)8-13(11)17/h3-8H,9H2,1-2H3. The number of hydrogen-bond acceptors (Lipinski definition) is 6. The van der Waals surface area contributed by atoms with Crippen LogP contribution < -0.4 is 9.47 Å². The predicted octanol–water partition coefficient (Wildman–Crippen LogP) is 3.62. The van der Waals surface area contributed by atoms with E-state index in [1.54, 1.807) is 12.1 Å². The maximum absolute atomic E-state index is 12.1. The van der Waals surface area contributed by atoms with E-state index in [1.165, 1.54) is 38.5 Å². The number of nitro groups is 1. The molecule has 0 aliphatic carbocycles. The molecule has 0 aromatic heterocycles. The number of hydrogen-bond donors (Lipinski definition) is 0. The molecule has 0 spiro atoms. The molecule has 0 atom stereocenters. The number of non-ortho nitro benzene ring substituents is 1. The smallest absolute Gasteiger partial charge is 0.338 e. The van der Waals surface area contributed by atoms with E-state index >= 15 is 0 Å². The number of carbonyl (C=O) groups is 1. The lowest BCUT2D eigenvalue weighted by atomic mass is 10.2. The number of rotatable bonds is 6. The van der Waals surface area contributed by atoms with E-state index in [9.17, 15) is 14.9 Å². The Hall–Kier alpha value is -2.80. The maximum Gasteiger partial charge on any atom is 0.338 e. The highest BCUT2D eigenvalue weighted by Gasteiger charge is 2.14. The molecule has 8 heteroatoms. The first-order valence-electron chi connectivity index (χ1n) is 6.78. The van der Waals surface area contributed by atoms with Gasteiger partial charge in [-0.3, -0.25) is 10.1 Å². The van der Waals surface area contributed by atoms with Crippen molar-refractivity contribution >= 4 is 23.3 Å². The third-order valence-electron chi connectivity index (χ3n) is 3.23. The van der Waals surface area contributed by atoms with Gasteiger partial charge < -0.3 is 14.2 Å². The molecule has 2 aromatic carbocycles. The zero-order valence-electron chi connectivity index (χ0n) is 12.9. The molecule has 0 aliphatic heterocycles. The third kappa shape index (κ3) is 3.94.